The van der Waals surface area contributed by atoms with Crippen molar-refractivity contribution in [1.29, 1.82) is 0 Å². The van der Waals surface area contributed by atoms with Gasteiger partial charge in [0.25, 0.3) is 0 Å². The molecule has 5 heteroatoms. The summed E-state index contributed by atoms with van der Waals surface area (Å²) in [7, 11) is 0. The van der Waals surface area contributed by atoms with Crippen LogP contribution >= 0.6 is 15.9 Å². The smallest absolute Gasteiger partial charge is 0.307 e. The van der Waals surface area contributed by atoms with E-state index in [0.717, 1.165) is 38.9 Å². The minimum atomic E-state index is -0.678. The van der Waals surface area contributed by atoms with Gasteiger partial charge in [0, 0.05) is 23.6 Å². The molecule has 1 atom stereocenters. The van der Waals surface area contributed by atoms with Crippen LogP contribution in [0.2, 0.25) is 0 Å². The first-order chi connectivity index (χ1) is 11.5. The number of aliphatic carboxylic acids is 1. The standard InChI is InChI=1S/C19H29BrN2O2/c1-14(2)11-16(19(23)24)12-21-17-7-9-22(10-8-17)13-15-5-3-4-6-18(15)20/h3-6,14,16-17,21H,7-13H2,1-2H3,(H,23,24). The molecule has 1 heterocycles. The predicted molar refractivity (Wildman–Crippen MR) is 101 cm³/mol. The van der Waals surface area contributed by atoms with Crippen molar-refractivity contribution in [3.05, 3.63) is 34.3 Å². The van der Waals surface area contributed by atoms with Crippen molar-refractivity contribution in [2.45, 2.75) is 45.7 Å². The normalized spacial score (nSPS) is 18.0. The maximum atomic E-state index is 11.3. The lowest BCUT2D eigenvalue weighted by Gasteiger charge is -2.33. The Kier molecular flexibility index (Phi) is 7.72. The molecule has 24 heavy (non-hydrogen) atoms. The highest BCUT2D eigenvalue weighted by Gasteiger charge is 2.23. The van der Waals surface area contributed by atoms with Crippen molar-refractivity contribution in [2.75, 3.05) is 19.6 Å². The van der Waals surface area contributed by atoms with Crippen LogP contribution in [-0.4, -0.2) is 41.7 Å². The Bertz CT molecular complexity index is 528. The molecule has 134 valence electrons. The minimum absolute atomic E-state index is 0.275. The summed E-state index contributed by atoms with van der Waals surface area (Å²) in [5, 5.41) is 12.8. The number of nitrogens with zero attached hydrogens (tertiary/aromatic N) is 1. The Morgan fingerprint density at radius 2 is 2.00 bits per heavy atom. The first-order valence-corrected chi connectivity index (χ1v) is 9.67. The van der Waals surface area contributed by atoms with Gasteiger partial charge in [-0.1, -0.05) is 48.0 Å². The van der Waals surface area contributed by atoms with E-state index in [-0.39, 0.29) is 5.92 Å². The lowest BCUT2D eigenvalue weighted by Crippen LogP contribution is -2.44. The molecule has 0 radical (unpaired) electrons. The molecular formula is C19H29BrN2O2. The van der Waals surface area contributed by atoms with Gasteiger partial charge in [0.1, 0.15) is 0 Å². The third kappa shape index (κ3) is 6.19. The summed E-state index contributed by atoms with van der Waals surface area (Å²) in [5.41, 5.74) is 1.33. The summed E-state index contributed by atoms with van der Waals surface area (Å²) in [5.74, 6) is -0.537. The van der Waals surface area contributed by atoms with Gasteiger partial charge in [0.05, 0.1) is 5.92 Å². The van der Waals surface area contributed by atoms with Crippen LogP contribution in [-0.2, 0) is 11.3 Å². The van der Waals surface area contributed by atoms with Gasteiger partial charge in [0.15, 0.2) is 0 Å². The van der Waals surface area contributed by atoms with Crippen LogP contribution in [0.15, 0.2) is 28.7 Å². The molecule has 4 nitrogen and oxygen atoms in total. The van der Waals surface area contributed by atoms with Crippen molar-refractivity contribution in [3.63, 3.8) is 0 Å². The topological polar surface area (TPSA) is 52.6 Å². The number of piperidine rings is 1. The van der Waals surface area contributed by atoms with E-state index in [9.17, 15) is 9.90 Å². The van der Waals surface area contributed by atoms with Crippen LogP contribution < -0.4 is 5.32 Å². The average Bonchev–Trinajstić information content (AvgIpc) is 2.54. The number of benzene rings is 1. The second-order valence-electron chi connectivity index (χ2n) is 7.21. The zero-order valence-electron chi connectivity index (χ0n) is 14.7. The maximum absolute atomic E-state index is 11.3. The van der Waals surface area contributed by atoms with Crippen molar-refractivity contribution < 1.29 is 9.90 Å². The molecule has 2 N–H and O–H groups in total. The third-order valence-electron chi connectivity index (χ3n) is 4.70. The first-order valence-electron chi connectivity index (χ1n) is 8.87. The molecule has 1 aromatic carbocycles. The van der Waals surface area contributed by atoms with E-state index in [0.29, 0.717) is 18.5 Å². The second-order valence-corrected chi connectivity index (χ2v) is 8.07. The van der Waals surface area contributed by atoms with Crippen LogP contribution in [0.25, 0.3) is 0 Å². The van der Waals surface area contributed by atoms with Gasteiger partial charge in [-0.05, 0) is 49.9 Å². The molecule has 1 aliphatic heterocycles. The lowest BCUT2D eigenvalue weighted by atomic mass is 9.96. The molecule has 0 bridgehead atoms. The van der Waals surface area contributed by atoms with Crippen LogP contribution in [0.5, 0.6) is 0 Å². The number of carboxylic acids is 1. The number of carboxylic acid groups (broad SMARTS) is 1. The molecule has 0 aromatic heterocycles. The van der Waals surface area contributed by atoms with Crippen LogP contribution in [0, 0.1) is 11.8 Å². The molecule has 2 rings (SSSR count). The molecule has 1 fully saturated rings. The summed E-state index contributed by atoms with van der Waals surface area (Å²) in [6.45, 7) is 7.83. The van der Waals surface area contributed by atoms with Crippen LogP contribution in [0.3, 0.4) is 0 Å². The van der Waals surface area contributed by atoms with Gasteiger partial charge in [0.2, 0.25) is 0 Å². The molecule has 0 saturated carbocycles. The van der Waals surface area contributed by atoms with E-state index in [1.165, 1.54) is 10.0 Å². The average molecular weight is 397 g/mol. The fourth-order valence-electron chi connectivity index (χ4n) is 3.31. The Labute approximate surface area is 153 Å². The van der Waals surface area contributed by atoms with Crippen molar-refractivity contribution in [3.8, 4) is 0 Å². The van der Waals surface area contributed by atoms with E-state index in [1.54, 1.807) is 0 Å². The summed E-state index contributed by atoms with van der Waals surface area (Å²) >= 11 is 3.61. The maximum Gasteiger partial charge on any atom is 0.307 e. The summed E-state index contributed by atoms with van der Waals surface area (Å²) in [4.78, 5) is 13.8. The van der Waals surface area contributed by atoms with E-state index in [2.05, 4.69) is 58.2 Å². The number of likely N-dealkylation sites (tertiary alicyclic amines) is 1. The molecule has 0 aliphatic carbocycles. The van der Waals surface area contributed by atoms with Gasteiger partial charge >= 0.3 is 5.97 Å². The molecule has 1 aromatic rings. The first kappa shape index (κ1) is 19.4. The highest BCUT2D eigenvalue weighted by Crippen LogP contribution is 2.20. The quantitative estimate of drug-likeness (QED) is 0.702. The number of carbonyl (C=O) groups is 1. The molecular weight excluding hydrogens is 368 g/mol. The zero-order valence-corrected chi connectivity index (χ0v) is 16.3. The van der Waals surface area contributed by atoms with Gasteiger partial charge in [-0.2, -0.15) is 0 Å². The predicted octanol–water partition coefficient (Wildman–Crippen LogP) is 3.75. The third-order valence-corrected chi connectivity index (χ3v) is 5.47. The van der Waals surface area contributed by atoms with E-state index in [4.69, 9.17) is 0 Å². The van der Waals surface area contributed by atoms with Crippen molar-refractivity contribution in [2.24, 2.45) is 11.8 Å². The Morgan fingerprint density at radius 3 is 2.58 bits per heavy atom. The van der Waals surface area contributed by atoms with E-state index >= 15 is 0 Å². The Balaban J connectivity index is 1.74. The molecule has 1 saturated heterocycles. The number of halogens is 1. The number of nitrogens with one attached hydrogen (secondary N) is 1. The fourth-order valence-corrected chi connectivity index (χ4v) is 3.72. The Hall–Kier alpha value is -0.910. The molecule has 0 spiro atoms. The number of hydrogen-bond donors (Lipinski definition) is 2. The minimum Gasteiger partial charge on any atom is -0.481 e. The number of hydrogen-bond acceptors (Lipinski definition) is 3. The molecule has 0 amide bonds. The molecule has 1 unspecified atom stereocenters. The number of rotatable bonds is 8. The van der Waals surface area contributed by atoms with E-state index in [1.807, 2.05) is 6.07 Å². The summed E-state index contributed by atoms with van der Waals surface area (Å²) in [6, 6.07) is 8.81. The second kappa shape index (κ2) is 9.54. The highest BCUT2D eigenvalue weighted by atomic mass is 79.9. The monoisotopic (exact) mass is 396 g/mol. The van der Waals surface area contributed by atoms with Gasteiger partial charge in [-0.3, -0.25) is 9.69 Å². The molecule has 1 aliphatic rings. The van der Waals surface area contributed by atoms with Crippen molar-refractivity contribution in [1.82, 2.24) is 10.2 Å². The zero-order chi connectivity index (χ0) is 17.5. The Morgan fingerprint density at radius 1 is 1.33 bits per heavy atom. The summed E-state index contributed by atoms with van der Waals surface area (Å²) in [6.07, 6.45) is 2.90. The van der Waals surface area contributed by atoms with Crippen LogP contribution in [0.1, 0.15) is 38.7 Å². The largest absolute Gasteiger partial charge is 0.481 e. The van der Waals surface area contributed by atoms with Gasteiger partial charge in [-0.25, -0.2) is 0 Å². The SMILES string of the molecule is CC(C)CC(CNC1CCN(Cc2ccccc2Br)CC1)C(=O)O. The lowest BCUT2D eigenvalue weighted by molar-refractivity contribution is -0.142. The van der Waals surface area contributed by atoms with Crippen molar-refractivity contribution >= 4 is 21.9 Å². The fraction of sp³-hybridized carbons (Fsp3) is 0.632. The summed E-state index contributed by atoms with van der Waals surface area (Å²) < 4.78 is 1.17. The van der Waals surface area contributed by atoms with E-state index < -0.39 is 5.97 Å². The van der Waals surface area contributed by atoms with Crippen LogP contribution in [0.4, 0.5) is 0 Å². The highest BCUT2D eigenvalue weighted by molar-refractivity contribution is 9.10. The van der Waals surface area contributed by atoms with Gasteiger partial charge in [-0.15, -0.1) is 0 Å². The van der Waals surface area contributed by atoms with Gasteiger partial charge < -0.3 is 10.4 Å².